The predicted molar refractivity (Wildman–Crippen MR) is 236 cm³/mol. The van der Waals surface area contributed by atoms with Crippen molar-refractivity contribution >= 4 is 55.5 Å². The average Bonchev–Trinajstić information content (AvgIpc) is 3.61. The van der Waals surface area contributed by atoms with E-state index in [-0.39, 0.29) is 20.1 Å². The van der Waals surface area contributed by atoms with Crippen molar-refractivity contribution in [2.45, 2.75) is 104 Å². The average molecular weight is 936 g/mol. The van der Waals surface area contributed by atoms with E-state index in [1.54, 1.807) is 0 Å². The Bertz CT molecular complexity index is 2420. The number of pyridine rings is 2. The monoisotopic (exact) mass is 936 g/mol. The molecule has 2 saturated carbocycles. The second-order valence-corrected chi connectivity index (χ2v) is 22.9. The first-order chi connectivity index (χ1) is 26.6. The SMILES string of the molecule is Cc1cc(-c2[c-]cccc2)ncc1[Si](C)(C)C.[2H]C(c1ccnc(-c2[c-]c3cc(C)ccc3c3c2sc2ccccc23)c1)(C1CCCCC1)C1CCCCC1.[Ir]. The molecule has 4 aromatic carbocycles. The van der Waals surface area contributed by atoms with Gasteiger partial charge in [-0.3, -0.25) is 4.98 Å². The van der Waals surface area contributed by atoms with Crippen molar-refractivity contribution in [2.24, 2.45) is 11.8 Å². The molecule has 2 nitrogen and oxygen atoms in total. The fourth-order valence-electron chi connectivity index (χ4n) is 9.26. The van der Waals surface area contributed by atoms with Crippen molar-refractivity contribution in [1.82, 2.24) is 9.97 Å². The maximum Gasteiger partial charge on any atom is 0.0798 e. The van der Waals surface area contributed by atoms with E-state index >= 15 is 0 Å². The minimum absolute atomic E-state index is 0. The van der Waals surface area contributed by atoms with E-state index in [0.29, 0.717) is 11.8 Å². The topological polar surface area (TPSA) is 25.8 Å². The van der Waals surface area contributed by atoms with Crippen molar-refractivity contribution in [3.05, 3.63) is 126 Å². The third-order valence-electron chi connectivity index (χ3n) is 11.9. The fourth-order valence-corrected chi connectivity index (χ4v) is 12.2. The van der Waals surface area contributed by atoms with Gasteiger partial charge in [0.25, 0.3) is 0 Å². The molecule has 0 unspecified atom stereocenters. The van der Waals surface area contributed by atoms with Crippen LogP contribution in [0.15, 0.2) is 97.3 Å². The minimum Gasteiger partial charge on any atom is -0.305 e. The smallest absolute Gasteiger partial charge is 0.0798 e. The number of hydrogen-bond donors (Lipinski definition) is 0. The second-order valence-electron chi connectivity index (χ2n) is 16.8. The Morgan fingerprint density at radius 3 is 2.15 bits per heavy atom. The van der Waals surface area contributed by atoms with Crippen LogP contribution in [0.2, 0.25) is 19.6 Å². The molecule has 0 N–H and O–H groups in total. The van der Waals surface area contributed by atoms with Crippen LogP contribution in [0.4, 0.5) is 0 Å². The molecule has 1 radical (unpaired) electrons. The van der Waals surface area contributed by atoms with E-state index < -0.39 is 14.0 Å². The van der Waals surface area contributed by atoms with Crippen LogP contribution in [-0.2, 0) is 20.1 Å². The summed E-state index contributed by atoms with van der Waals surface area (Å²) < 4.78 is 12.8. The summed E-state index contributed by atoms with van der Waals surface area (Å²) in [6.07, 6.45) is 16.6. The van der Waals surface area contributed by atoms with E-state index in [0.717, 1.165) is 27.9 Å². The van der Waals surface area contributed by atoms with E-state index in [9.17, 15) is 1.37 Å². The molecule has 3 aromatic heterocycles. The first kappa shape index (κ1) is 38.4. The minimum atomic E-state index is -1.27. The van der Waals surface area contributed by atoms with Crippen molar-refractivity contribution in [1.29, 1.82) is 0 Å². The van der Waals surface area contributed by atoms with Crippen molar-refractivity contribution < 1.29 is 21.5 Å². The molecule has 5 heteroatoms. The maximum absolute atomic E-state index is 10.2. The van der Waals surface area contributed by atoms with E-state index in [1.807, 2.05) is 35.7 Å². The van der Waals surface area contributed by atoms with Gasteiger partial charge in [-0.2, -0.15) is 11.3 Å². The molecule has 0 saturated heterocycles. The van der Waals surface area contributed by atoms with Gasteiger partial charge in [0.1, 0.15) is 0 Å². The number of hydrogen-bond acceptors (Lipinski definition) is 3. The van der Waals surface area contributed by atoms with Gasteiger partial charge in [0.15, 0.2) is 0 Å². The maximum atomic E-state index is 10.2. The third kappa shape index (κ3) is 8.61. The molecule has 0 atom stereocenters. The number of thiophene rings is 1. The molecule has 2 fully saturated rings. The molecule has 2 aliphatic rings. The van der Waals surface area contributed by atoms with Crippen LogP contribution in [-0.4, -0.2) is 18.0 Å². The number of aryl methyl sites for hydroxylation is 2. The summed E-state index contributed by atoms with van der Waals surface area (Å²) in [5.74, 6) is 0.370. The Morgan fingerprint density at radius 2 is 1.47 bits per heavy atom. The van der Waals surface area contributed by atoms with Gasteiger partial charge in [-0.05, 0) is 95.9 Å². The third-order valence-corrected chi connectivity index (χ3v) is 15.2. The van der Waals surface area contributed by atoms with Crippen LogP contribution in [0.5, 0.6) is 0 Å². The molecular formula is C50H54IrN2SSi-2. The van der Waals surface area contributed by atoms with E-state index in [4.69, 9.17) is 4.98 Å². The first-order valence-corrected chi connectivity index (χ1v) is 24.6. The molecule has 0 bridgehead atoms. The molecule has 0 spiro atoms. The Hall–Kier alpha value is -3.47. The summed E-state index contributed by atoms with van der Waals surface area (Å²) in [6, 6.07) is 37.1. The van der Waals surface area contributed by atoms with Gasteiger partial charge in [-0.1, -0.05) is 128 Å². The van der Waals surface area contributed by atoms with Crippen LogP contribution in [0.25, 0.3) is 53.5 Å². The molecule has 0 amide bonds. The number of nitrogens with zero attached hydrogens (tertiary/aromatic N) is 2. The summed E-state index contributed by atoms with van der Waals surface area (Å²) in [6.45, 7) is 11.4. The Kier molecular flexibility index (Phi) is 12.1. The fraction of sp³-hybridized carbons (Fsp3) is 0.360. The van der Waals surface area contributed by atoms with Gasteiger partial charge < -0.3 is 4.98 Å². The summed E-state index contributed by atoms with van der Waals surface area (Å²) in [5.41, 5.74) is 7.95. The summed E-state index contributed by atoms with van der Waals surface area (Å²) in [4.78, 5) is 9.53. The molecule has 7 aromatic rings. The van der Waals surface area contributed by atoms with Crippen molar-refractivity contribution in [2.75, 3.05) is 0 Å². The summed E-state index contributed by atoms with van der Waals surface area (Å²) in [7, 11) is -1.27. The van der Waals surface area contributed by atoms with Gasteiger partial charge in [0.05, 0.1) is 8.07 Å². The Balaban J connectivity index is 0.000000225. The van der Waals surface area contributed by atoms with Crippen LogP contribution in [0.1, 0.15) is 88.2 Å². The van der Waals surface area contributed by atoms with Crippen molar-refractivity contribution in [3.8, 4) is 22.5 Å². The predicted octanol–water partition coefficient (Wildman–Crippen LogP) is 14.0. The van der Waals surface area contributed by atoms with Gasteiger partial charge in [-0.25, -0.2) is 0 Å². The van der Waals surface area contributed by atoms with Crippen LogP contribution in [0, 0.1) is 37.8 Å². The molecule has 3 heterocycles. The number of benzene rings is 4. The molecule has 2 aliphatic carbocycles. The summed E-state index contributed by atoms with van der Waals surface area (Å²) in [5, 5.41) is 6.49. The van der Waals surface area contributed by atoms with E-state index in [1.165, 1.54) is 112 Å². The second kappa shape index (κ2) is 17.3. The zero-order chi connectivity index (χ0) is 38.2. The Morgan fingerprint density at radius 1 is 0.764 bits per heavy atom. The van der Waals surface area contributed by atoms with Gasteiger partial charge in [0.2, 0.25) is 0 Å². The Labute approximate surface area is 349 Å². The largest absolute Gasteiger partial charge is 0.305 e. The molecule has 9 rings (SSSR count). The normalized spacial score (nSPS) is 16.1. The van der Waals surface area contributed by atoms with Crippen LogP contribution in [0.3, 0.4) is 0 Å². The number of aromatic nitrogens is 2. The van der Waals surface area contributed by atoms with Crippen LogP contribution < -0.4 is 5.19 Å². The molecule has 55 heavy (non-hydrogen) atoms. The van der Waals surface area contributed by atoms with Gasteiger partial charge in [-0.15, -0.1) is 53.4 Å². The molecule has 0 aliphatic heterocycles. The first-order valence-electron chi connectivity index (χ1n) is 20.8. The zero-order valence-corrected chi connectivity index (χ0v) is 37.3. The van der Waals surface area contributed by atoms with E-state index in [2.05, 4.69) is 124 Å². The molecule has 285 valence electrons. The van der Waals surface area contributed by atoms with Crippen molar-refractivity contribution in [3.63, 3.8) is 0 Å². The zero-order valence-electron chi connectivity index (χ0n) is 34.1. The number of rotatable bonds is 6. The van der Waals surface area contributed by atoms with Crippen LogP contribution >= 0.6 is 11.3 Å². The summed E-state index contributed by atoms with van der Waals surface area (Å²) >= 11 is 1.85. The molecular weight excluding hydrogens is 881 g/mol. The quantitative estimate of drug-likeness (QED) is 0.123. The number of fused-ring (bicyclic) bond motifs is 5. The standard InChI is InChI=1S/C35H36NS.C15H18NSi.Ir/c1-23-16-17-28-27(20-23)21-30(35-34(28)29-14-8-9-15-32(29)37-35)31-22-26(18-19-36-31)33(24-10-4-2-5-11-24)25-12-6-3-7-13-25;1-12-10-14(13-8-6-5-7-9-13)16-11-15(12)17(2,3)4;/h8-9,14-20,22,24-25,33H,2-7,10-13H2,1H3;5-8,10-11H,1-4H3;/q2*-1;/i33D;;. The van der Waals surface area contributed by atoms with Gasteiger partial charge in [0, 0.05) is 44.3 Å². The van der Waals surface area contributed by atoms with Gasteiger partial charge >= 0.3 is 0 Å².